The van der Waals surface area contributed by atoms with Crippen LogP contribution in [0.1, 0.15) is 93.4 Å². The monoisotopic (exact) mass is 505 g/mol. The van der Waals surface area contributed by atoms with E-state index in [9.17, 15) is 19.6 Å². The second-order valence-corrected chi connectivity index (χ2v) is 14.8. The van der Waals surface area contributed by atoms with Crippen LogP contribution in [0, 0.1) is 61.6 Å². The number of nitriles is 1. The molecule has 0 aromatic carbocycles. The van der Waals surface area contributed by atoms with Crippen molar-refractivity contribution < 1.29 is 19.1 Å². The first-order valence-electron chi connectivity index (χ1n) is 14.1. The highest BCUT2D eigenvalue weighted by atomic mass is 16.5. The van der Waals surface area contributed by atoms with Crippen LogP contribution in [-0.2, 0) is 19.1 Å². The van der Waals surface area contributed by atoms with Gasteiger partial charge in [0.1, 0.15) is 6.07 Å². The number of carbonyl (C=O) groups excluding carboxylic acids is 3. The van der Waals surface area contributed by atoms with Crippen molar-refractivity contribution in [2.45, 2.75) is 93.4 Å². The van der Waals surface area contributed by atoms with Crippen molar-refractivity contribution >= 4 is 17.5 Å². The summed E-state index contributed by atoms with van der Waals surface area (Å²) in [4.78, 5) is 40.4. The first-order valence-corrected chi connectivity index (χ1v) is 14.1. The average molecular weight is 506 g/mol. The van der Waals surface area contributed by atoms with Gasteiger partial charge in [0.25, 0.3) is 0 Å². The van der Waals surface area contributed by atoms with Crippen molar-refractivity contribution in [2.24, 2.45) is 50.2 Å². The highest BCUT2D eigenvalue weighted by molar-refractivity contribution is 6.05. The van der Waals surface area contributed by atoms with Gasteiger partial charge in [-0.2, -0.15) is 5.26 Å². The minimum Gasteiger partial charge on any atom is -0.469 e. The second kappa shape index (κ2) is 7.67. The number of carbonyl (C=O) groups is 3. The SMILES string of the molecule is COC(=O)[C@@]1(C)CC[C@]2(C)CC[C@]3(C)C(=CC(=O)[C@@H]4C5(C)C=C(C#N)C(=O)C(C)(C)[C@@H]5CCC43C)[C@H]2C1. The molecule has 2 unspecified atom stereocenters. The van der Waals surface area contributed by atoms with Gasteiger partial charge in [0.2, 0.25) is 0 Å². The number of fused-ring (bicyclic) bond motifs is 7. The molecule has 3 saturated carbocycles. The number of nitrogens with zero attached hydrogens (tertiary/aromatic N) is 1. The van der Waals surface area contributed by atoms with Crippen LogP contribution in [0.2, 0.25) is 0 Å². The Morgan fingerprint density at radius 1 is 1.00 bits per heavy atom. The van der Waals surface area contributed by atoms with E-state index in [1.807, 2.05) is 32.9 Å². The summed E-state index contributed by atoms with van der Waals surface area (Å²) in [5.74, 6) is -0.227. The Kier molecular flexibility index (Phi) is 5.47. The molecule has 5 heteroatoms. The van der Waals surface area contributed by atoms with Gasteiger partial charge < -0.3 is 4.74 Å². The van der Waals surface area contributed by atoms with E-state index in [2.05, 4.69) is 33.8 Å². The Morgan fingerprint density at radius 3 is 2.27 bits per heavy atom. The van der Waals surface area contributed by atoms with Gasteiger partial charge in [0.05, 0.1) is 18.1 Å². The molecular weight excluding hydrogens is 462 g/mol. The fraction of sp³-hybridized carbons (Fsp3) is 0.750. The first-order chi connectivity index (χ1) is 17.0. The number of Topliss-reactive ketones (excluding diaryl/α,β-unsaturated/α-hetero) is 1. The number of ether oxygens (including phenoxy) is 1. The zero-order chi connectivity index (χ0) is 27.4. The van der Waals surface area contributed by atoms with Crippen LogP contribution in [0.3, 0.4) is 0 Å². The molecule has 0 radical (unpaired) electrons. The maximum absolute atomic E-state index is 14.3. The van der Waals surface area contributed by atoms with E-state index >= 15 is 0 Å². The van der Waals surface area contributed by atoms with E-state index in [4.69, 9.17) is 4.74 Å². The van der Waals surface area contributed by atoms with E-state index in [0.29, 0.717) is 6.42 Å². The van der Waals surface area contributed by atoms with Crippen molar-refractivity contribution in [3.63, 3.8) is 0 Å². The molecule has 5 rings (SSSR count). The van der Waals surface area contributed by atoms with E-state index < -0.39 is 16.2 Å². The maximum Gasteiger partial charge on any atom is 0.311 e. The second-order valence-electron chi connectivity index (χ2n) is 14.8. The number of rotatable bonds is 1. The Morgan fingerprint density at radius 2 is 1.65 bits per heavy atom. The summed E-state index contributed by atoms with van der Waals surface area (Å²) in [7, 11) is 1.47. The van der Waals surface area contributed by atoms with Gasteiger partial charge in [0, 0.05) is 16.7 Å². The molecule has 0 heterocycles. The van der Waals surface area contributed by atoms with E-state index in [1.54, 1.807) is 0 Å². The van der Waals surface area contributed by atoms with Gasteiger partial charge >= 0.3 is 5.97 Å². The third-order valence-corrected chi connectivity index (χ3v) is 12.7. The molecule has 0 N–H and O–H groups in total. The first kappa shape index (κ1) is 26.4. The van der Waals surface area contributed by atoms with Crippen LogP contribution in [0.15, 0.2) is 23.3 Å². The molecule has 5 nitrogen and oxygen atoms in total. The van der Waals surface area contributed by atoms with E-state index in [-0.39, 0.29) is 57.1 Å². The number of hydrogen-bond acceptors (Lipinski definition) is 5. The van der Waals surface area contributed by atoms with Gasteiger partial charge in [-0.25, -0.2) is 0 Å². The lowest BCUT2D eigenvalue weighted by Crippen LogP contribution is -2.65. The Bertz CT molecular complexity index is 1200. The molecule has 0 bridgehead atoms. The summed E-state index contributed by atoms with van der Waals surface area (Å²) in [6.07, 6.45) is 10.1. The quantitative estimate of drug-likeness (QED) is 0.386. The summed E-state index contributed by atoms with van der Waals surface area (Å²) in [5.41, 5.74) is -0.770. The van der Waals surface area contributed by atoms with Crippen LogP contribution in [-0.4, -0.2) is 24.6 Å². The highest BCUT2D eigenvalue weighted by Crippen LogP contribution is 2.74. The lowest BCUT2D eigenvalue weighted by atomic mass is 9.34. The van der Waals surface area contributed by atoms with Crippen molar-refractivity contribution in [1.82, 2.24) is 0 Å². The summed E-state index contributed by atoms with van der Waals surface area (Å²) >= 11 is 0. The molecule has 37 heavy (non-hydrogen) atoms. The number of methoxy groups -OCH3 is 1. The van der Waals surface area contributed by atoms with Gasteiger partial charge in [0.15, 0.2) is 11.6 Å². The van der Waals surface area contributed by atoms with Crippen LogP contribution < -0.4 is 0 Å². The normalized spacial score (nSPS) is 48.2. The minimum absolute atomic E-state index is 0.0105. The highest BCUT2D eigenvalue weighted by Gasteiger charge is 2.70. The Balaban J connectivity index is 1.67. The predicted molar refractivity (Wildman–Crippen MR) is 141 cm³/mol. The van der Waals surface area contributed by atoms with Gasteiger partial charge in [-0.1, -0.05) is 53.2 Å². The number of ketones is 2. The molecule has 8 atom stereocenters. The van der Waals surface area contributed by atoms with Crippen LogP contribution in [0.5, 0.6) is 0 Å². The fourth-order valence-corrected chi connectivity index (χ4v) is 10.2. The minimum atomic E-state index is -0.683. The molecule has 0 aromatic heterocycles. The molecule has 5 aliphatic rings. The smallest absolute Gasteiger partial charge is 0.311 e. The van der Waals surface area contributed by atoms with E-state index in [1.165, 1.54) is 12.7 Å². The molecule has 0 saturated heterocycles. The largest absolute Gasteiger partial charge is 0.469 e. The molecule has 0 aliphatic heterocycles. The van der Waals surface area contributed by atoms with Crippen molar-refractivity contribution in [3.8, 4) is 6.07 Å². The predicted octanol–water partition coefficient (Wildman–Crippen LogP) is 6.38. The molecule has 5 aliphatic carbocycles. The van der Waals surface area contributed by atoms with E-state index in [0.717, 1.165) is 38.5 Å². The third kappa shape index (κ3) is 3.11. The van der Waals surface area contributed by atoms with Crippen molar-refractivity contribution in [2.75, 3.05) is 7.11 Å². The summed E-state index contributed by atoms with van der Waals surface area (Å²) < 4.78 is 5.23. The molecule has 0 spiro atoms. The molecule has 0 aromatic rings. The summed E-state index contributed by atoms with van der Waals surface area (Å²) in [5, 5.41) is 9.86. The fourth-order valence-electron chi connectivity index (χ4n) is 10.2. The molecule has 3 fully saturated rings. The van der Waals surface area contributed by atoms with Crippen LogP contribution in [0.25, 0.3) is 0 Å². The number of esters is 1. The summed E-state index contributed by atoms with van der Waals surface area (Å²) in [6, 6.07) is 2.16. The maximum atomic E-state index is 14.3. The lowest BCUT2D eigenvalue weighted by molar-refractivity contribution is -0.172. The van der Waals surface area contributed by atoms with Crippen LogP contribution in [0.4, 0.5) is 0 Å². The Labute approximate surface area is 222 Å². The van der Waals surface area contributed by atoms with Gasteiger partial charge in [-0.05, 0) is 86.0 Å². The topological polar surface area (TPSA) is 84.2 Å². The number of hydrogen-bond donors (Lipinski definition) is 0. The van der Waals surface area contributed by atoms with Crippen molar-refractivity contribution in [3.05, 3.63) is 23.3 Å². The molecule has 200 valence electrons. The third-order valence-electron chi connectivity index (χ3n) is 12.7. The lowest BCUT2D eigenvalue weighted by Gasteiger charge is -2.69. The Hall–Kier alpha value is -2.22. The van der Waals surface area contributed by atoms with Crippen LogP contribution >= 0.6 is 0 Å². The zero-order valence-electron chi connectivity index (χ0n) is 23.9. The van der Waals surface area contributed by atoms with Gasteiger partial charge in [-0.3, -0.25) is 14.4 Å². The zero-order valence-corrected chi connectivity index (χ0v) is 23.9. The molecular formula is C32H43NO4. The van der Waals surface area contributed by atoms with Crippen molar-refractivity contribution in [1.29, 1.82) is 5.26 Å². The standard InChI is InChI=1S/C32H43NO4/c1-27(2)23-9-10-32(7)24(30(23,5)16-19(18-33)25(27)35)22(34)15-20-21-17-29(4,26(36)37-8)12-11-28(21,3)13-14-31(20,32)6/h15-16,21,23-24H,9-14,17H2,1-8H3/t21-,23+,24-,28-,29+,30?,31-,32?/m1/s1. The number of allylic oxidation sites excluding steroid dienone is 4. The average Bonchev–Trinajstić information content (AvgIpc) is 2.83. The summed E-state index contributed by atoms with van der Waals surface area (Å²) in [6.45, 7) is 15.1. The molecule has 0 amide bonds. The van der Waals surface area contributed by atoms with Gasteiger partial charge in [-0.15, -0.1) is 0 Å².